The Hall–Kier alpha value is -1.94. The van der Waals surface area contributed by atoms with Gasteiger partial charge in [-0.25, -0.2) is 9.13 Å². The molecule has 0 aromatic rings. The Morgan fingerprint density at radius 1 is 0.322 bits per heavy atom. The summed E-state index contributed by atoms with van der Waals surface area (Å²) < 4.78 is 68.3. The monoisotopic (exact) mass is 1320 g/mol. The van der Waals surface area contributed by atoms with Crippen LogP contribution in [0.15, 0.2) is 0 Å². The lowest BCUT2D eigenvalue weighted by Crippen LogP contribution is -2.30. The smallest absolute Gasteiger partial charge is 0.462 e. The summed E-state index contributed by atoms with van der Waals surface area (Å²) in [4.78, 5) is 72.5. The van der Waals surface area contributed by atoms with Gasteiger partial charge in [0.25, 0.3) is 0 Å². The summed E-state index contributed by atoms with van der Waals surface area (Å²) in [6.45, 7) is 11.9. The number of phosphoric acid groups is 2. The van der Waals surface area contributed by atoms with Crippen molar-refractivity contribution >= 4 is 39.5 Å². The SMILES string of the molecule is CCCCCCCCCC(=O)OC[C@H](COP(=O)(O)OC[C@H](O)COP(=O)(O)OC[C@@H](COC(=O)CCCCCCCCCCCCC(C)CC)OC(=O)CCCCCCCCCCCCCCC(C)C)OC(=O)CCCCCCCCCCCCC(C)CC. The van der Waals surface area contributed by atoms with E-state index in [0.29, 0.717) is 25.7 Å². The van der Waals surface area contributed by atoms with E-state index in [0.717, 1.165) is 120 Å². The van der Waals surface area contributed by atoms with Crippen LogP contribution in [0.1, 0.15) is 357 Å². The van der Waals surface area contributed by atoms with Crippen LogP contribution in [0.3, 0.4) is 0 Å². The van der Waals surface area contributed by atoms with Gasteiger partial charge in [-0.3, -0.25) is 37.3 Å². The average Bonchev–Trinajstić information content (AvgIpc) is 2.26. The summed E-state index contributed by atoms with van der Waals surface area (Å²) in [5.41, 5.74) is 0. The summed E-state index contributed by atoms with van der Waals surface area (Å²) in [7, 11) is -9.90. The third-order valence-electron chi connectivity index (χ3n) is 17.1. The fraction of sp³-hybridized carbons (Fsp3) is 0.944. The molecule has 19 heteroatoms. The minimum atomic E-state index is -4.95. The Balaban J connectivity index is 5.22. The van der Waals surface area contributed by atoms with Gasteiger partial charge in [0.15, 0.2) is 12.2 Å². The molecular formula is C71H138O17P2. The van der Waals surface area contributed by atoms with Crippen LogP contribution in [-0.2, 0) is 65.4 Å². The summed E-state index contributed by atoms with van der Waals surface area (Å²) in [6, 6.07) is 0. The maximum Gasteiger partial charge on any atom is 0.472 e. The average molecular weight is 1330 g/mol. The molecule has 3 N–H and O–H groups in total. The normalized spacial score (nSPS) is 14.8. The highest BCUT2D eigenvalue weighted by Crippen LogP contribution is 2.45. The lowest BCUT2D eigenvalue weighted by atomic mass is 9.99. The Morgan fingerprint density at radius 2 is 0.567 bits per heavy atom. The number of rotatable bonds is 69. The molecule has 0 radical (unpaired) electrons. The van der Waals surface area contributed by atoms with Gasteiger partial charge in [0, 0.05) is 25.7 Å². The molecule has 0 heterocycles. The van der Waals surface area contributed by atoms with Gasteiger partial charge < -0.3 is 33.8 Å². The van der Waals surface area contributed by atoms with E-state index in [9.17, 15) is 43.2 Å². The number of unbranched alkanes of at least 4 members (excludes halogenated alkanes) is 35. The molecule has 0 aliphatic carbocycles. The largest absolute Gasteiger partial charge is 0.472 e. The van der Waals surface area contributed by atoms with Crippen LogP contribution in [0.4, 0.5) is 0 Å². The molecule has 0 aromatic carbocycles. The van der Waals surface area contributed by atoms with E-state index in [2.05, 4.69) is 48.5 Å². The third-order valence-corrected chi connectivity index (χ3v) is 19.0. The summed E-state index contributed by atoms with van der Waals surface area (Å²) in [5, 5.41) is 10.6. The molecule has 0 amide bonds. The Labute approximate surface area is 549 Å². The first-order chi connectivity index (χ1) is 43.3. The number of esters is 4. The van der Waals surface area contributed by atoms with Crippen molar-refractivity contribution in [1.29, 1.82) is 0 Å². The van der Waals surface area contributed by atoms with Crippen molar-refractivity contribution in [1.82, 2.24) is 0 Å². The van der Waals surface area contributed by atoms with Crippen LogP contribution < -0.4 is 0 Å². The Morgan fingerprint density at radius 3 is 0.844 bits per heavy atom. The van der Waals surface area contributed by atoms with E-state index >= 15 is 0 Å². The first-order valence-corrected chi connectivity index (χ1v) is 39.9. The van der Waals surface area contributed by atoms with Crippen LogP contribution in [0.5, 0.6) is 0 Å². The van der Waals surface area contributed by atoms with Crippen LogP contribution in [0.2, 0.25) is 0 Å². The first kappa shape index (κ1) is 88.1. The fourth-order valence-electron chi connectivity index (χ4n) is 10.7. The van der Waals surface area contributed by atoms with Gasteiger partial charge in [-0.05, 0) is 43.4 Å². The van der Waals surface area contributed by atoms with Crippen molar-refractivity contribution < 1.29 is 80.2 Å². The number of hydrogen-bond donors (Lipinski definition) is 3. The molecule has 17 nitrogen and oxygen atoms in total. The maximum absolute atomic E-state index is 13.0. The van der Waals surface area contributed by atoms with E-state index in [4.69, 9.17) is 37.0 Å². The minimum Gasteiger partial charge on any atom is -0.462 e. The lowest BCUT2D eigenvalue weighted by molar-refractivity contribution is -0.161. The van der Waals surface area contributed by atoms with E-state index in [1.807, 2.05) is 0 Å². The van der Waals surface area contributed by atoms with E-state index < -0.39 is 97.5 Å². The van der Waals surface area contributed by atoms with E-state index in [1.165, 1.54) is 154 Å². The van der Waals surface area contributed by atoms with Gasteiger partial charge in [0.05, 0.1) is 26.4 Å². The zero-order valence-corrected chi connectivity index (χ0v) is 60.4. The number of phosphoric ester groups is 2. The molecule has 0 bridgehead atoms. The third kappa shape index (κ3) is 62.2. The van der Waals surface area contributed by atoms with Gasteiger partial charge in [0.2, 0.25) is 0 Å². The van der Waals surface area contributed by atoms with Crippen molar-refractivity contribution in [2.24, 2.45) is 17.8 Å². The molecule has 7 atom stereocenters. The number of aliphatic hydroxyl groups is 1. The zero-order valence-electron chi connectivity index (χ0n) is 58.6. The number of ether oxygens (including phenoxy) is 4. The van der Waals surface area contributed by atoms with Crippen molar-refractivity contribution in [2.75, 3.05) is 39.6 Å². The number of carbonyl (C=O) groups is 4. The second-order valence-electron chi connectivity index (χ2n) is 26.6. The van der Waals surface area contributed by atoms with Crippen LogP contribution >= 0.6 is 15.6 Å². The molecule has 0 aliphatic rings. The van der Waals surface area contributed by atoms with Gasteiger partial charge >= 0.3 is 39.5 Å². The molecule has 0 saturated carbocycles. The Kier molecular flexibility index (Phi) is 60.6. The molecule has 0 rings (SSSR count). The highest BCUT2D eigenvalue weighted by molar-refractivity contribution is 7.47. The second kappa shape index (κ2) is 61.9. The molecule has 0 aromatic heterocycles. The summed E-state index contributed by atoms with van der Waals surface area (Å²) in [5.74, 6) is 0.261. The fourth-order valence-corrected chi connectivity index (χ4v) is 12.2. The lowest BCUT2D eigenvalue weighted by Gasteiger charge is -2.21. The summed E-state index contributed by atoms with van der Waals surface area (Å²) >= 11 is 0. The van der Waals surface area contributed by atoms with Gasteiger partial charge in [-0.1, -0.05) is 305 Å². The van der Waals surface area contributed by atoms with E-state index in [1.54, 1.807) is 0 Å². The molecule has 0 spiro atoms. The quantitative estimate of drug-likeness (QED) is 0.0222. The molecular weight excluding hydrogens is 1190 g/mol. The topological polar surface area (TPSA) is 237 Å². The molecule has 534 valence electrons. The van der Waals surface area contributed by atoms with Crippen LogP contribution in [-0.4, -0.2) is 96.7 Å². The standard InChI is InChI=1S/C71H138O17P2/c1-8-11-12-13-28-38-45-52-68(73)81-58-66(87-71(76)55-48-41-34-27-21-19-24-31-37-44-51-64(7)10-3)60-85-89(77,78)83-56-65(72)57-84-90(79,80)86-61-67(59-82-69(74)53-46-39-32-25-20-18-23-30-36-43-50-63(6)9-2)88-70(75)54-47-40-33-26-17-15-14-16-22-29-35-42-49-62(4)5/h62-67,72H,8-61H2,1-7H3,(H,77,78)(H,79,80)/t63?,64?,65-,66+,67+/m0/s1. The highest BCUT2D eigenvalue weighted by Gasteiger charge is 2.30. The van der Waals surface area contributed by atoms with Crippen molar-refractivity contribution in [3.8, 4) is 0 Å². The predicted octanol–water partition coefficient (Wildman–Crippen LogP) is 20.2. The summed E-state index contributed by atoms with van der Waals surface area (Å²) in [6.07, 6.45) is 45.7. The van der Waals surface area contributed by atoms with Crippen molar-refractivity contribution in [3.05, 3.63) is 0 Å². The number of aliphatic hydroxyl groups excluding tert-OH is 1. The minimum absolute atomic E-state index is 0.106. The number of carbonyl (C=O) groups excluding carboxylic acids is 4. The van der Waals surface area contributed by atoms with Gasteiger partial charge in [0.1, 0.15) is 19.3 Å². The van der Waals surface area contributed by atoms with Gasteiger partial charge in [-0.2, -0.15) is 0 Å². The zero-order chi connectivity index (χ0) is 66.6. The molecule has 0 aliphatic heterocycles. The predicted molar refractivity (Wildman–Crippen MR) is 363 cm³/mol. The molecule has 90 heavy (non-hydrogen) atoms. The van der Waals surface area contributed by atoms with Crippen molar-refractivity contribution in [3.63, 3.8) is 0 Å². The molecule has 0 saturated heterocycles. The Bertz CT molecular complexity index is 1770. The van der Waals surface area contributed by atoms with Crippen LogP contribution in [0, 0.1) is 17.8 Å². The van der Waals surface area contributed by atoms with E-state index in [-0.39, 0.29) is 25.7 Å². The highest BCUT2D eigenvalue weighted by atomic mass is 31.2. The molecule has 0 fully saturated rings. The maximum atomic E-state index is 13.0. The van der Waals surface area contributed by atoms with Crippen LogP contribution in [0.25, 0.3) is 0 Å². The molecule has 4 unspecified atom stereocenters. The van der Waals surface area contributed by atoms with Crippen molar-refractivity contribution in [2.45, 2.75) is 375 Å². The second-order valence-corrected chi connectivity index (χ2v) is 29.5. The van der Waals surface area contributed by atoms with Gasteiger partial charge in [-0.15, -0.1) is 0 Å². The number of hydrogen-bond acceptors (Lipinski definition) is 15. The first-order valence-electron chi connectivity index (χ1n) is 36.9.